The fourth-order valence-electron chi connectivity index (χ4n) is 2.57. The predicted molar refractivity (Wildman–Crippen MR) is 80.1 cm³/mol. The zero-order valence-electron chi connectivity index (χ0n) is 11.8. The minimum atomic E-state index is -0.637. The average Bonchev–Trinajstić information content (AvgIpc) is 2.91. The van der Waals surface area contributed by atoms with E-state index in [1.807, 2.05) is 43.3 Å². The van der Waals surface area contributed by atoms with E-state index in [1.165, 1.54) is 0 Å². The summed E-state index contributed by atoms with van der Waals surface area (Å²) in [5.41, 5.74) is 1.79. The number of aromatic hydroxyl groups is 1. The second-order valence-electron chi connectivity index (χ2n) is 5.47. The van der Waals surface area contributed by atoms with Gasteiger partial charge in [-0.2, -0.15) is 0 Å². The van der Waals surface area contributed by atoms with Crippen molar-refractivity contribution in [3.05, 3.63) is 54.1 Å². The molecular weight excluding hydrogens is 266 g/mol. The Hall–Kier alpha value is -2.40. The van der Waals surface area contributed by atoms with E-state index < -0.39 is 5.41 Å². The zero-order valence-corrected chi connectivity index (χ0v) is 11.8. The first-order chi connectivity index (χ1) is 10.1. The van der Waals surface area contributed by atoms with Crippen LogP contribution in [0.15, 0.2) is 48.5 Å². The minimum Gasteiger partial charge on any atom is -0.508 e. The summed E-state index contributed by atoms with van der Waals surface area (Å²) in [7, 11) is 0. The van der Waals surface area contributed by atoms with Crippen molar-refractivity contribution in [2.75, 3.05) is 6.61 Å². The number of aromatic nitrogens is 3. The Morgan fingerprint density at radius 1 is 1.10 bits per heavy atom. The zero-order chi connectivity index (χ0) is 14.9. The second kappa shape index (κ2) is 5.18. The number of benzene rings is 2. The molecule has 0 amide bonds. The number of para-hydroxylation sites is 2. The Kier molecular flexibility index (Phi) is 3.35. The molecule has 1 atom stereocenters. The van der Waals surface area contributed by atoms with E-state index in [0.29, 0.717) is 12.1 Å². The van der Waals surface area contributed by atoms with Crippen LogP contribution in [0.3, 0.4) is 0 Å². The van der Waals surface area contributed by atoms with Gasteiger partial charge in [0.05, 0.1) is 18.7 Å². The van der Waals surface area contributed by atoms with E-state index in [4.69, 9.17) is 0 Å². The van der Waals surface area contributed by atoms with Crippen molar-refractivity contribution < 1.29 is 10.2 Å². The van der Waals surface area contributed by atoms with Gasteiger partial charge < -0.3 is 10.2 Å². The fraction of sp³-hybridized carbons (Fsp3) is 0.250. The molecule has 108 valence electrons. The Balaban J connectivity index is 2.03. The highest BCUT2D eigenvalue weighted by Crippen LogP contribution is 2.32. The molecule has 21 heavy (non-hydrogen) atoms. The molecular formula is C16H17N3O2. The SMILES string of the molecule is CC(CO)(Cn1nnc2ccccc21)c1ccccc1O. The Morgan fingerprint density at radius 3 is 2.57 bits per heavy atom. The van der Waals surface area contributed by atoms with E-state index in [2.05, 4.69) is 10.3 Å². The molecule has 3 aromatic rings. The molecule has 1 heterocycles. The van der Waals surface area contributed by atoms with Crippen molar-refractivity contribution >= 4 is 11.0 Å². The van der Waals surface area contributed by atoms with Crippen molar-refractivity contribution in [2.45, 2.75) is 18.9 Å². The van der Waals surface area contributed by atoms with E-state index in [9.17, 15) is 10.2 Å². The third-order valence-corrected chi connectivity index (χ3v) is 3.82. The van der Waals surface area contributed by atoms with E-state index in [0.717, 1.165) is 11.0 Å². The number of aliphatic hydroxyl groups excluding tert-OH is 1. The maximum absolute atomic E-state index is 10.1. The molecule has 0 saturated heterocycles. The highest BCUT2D eigenvalue weighted by atomic mass is 16.3. The summed E-state index contributed by atoms with van der Waals surface area (Å²) in [5.74, 6) is 0.179. The normalized spacial score (nSPS) is 14.2. The molecule has 0 fully saturated rings. The van der Waals surface area contributed by atoms with Crippen molar-refractivity contribution in [1.82, 2.24) is 15.0 Å². The van der Waals surface area contributed by atoms with Crippen LogP contribution in [0.1, 0.15) is 12.5 Å². The van der Waals surface area contributed by atoms with Gasteiger partial charge in [0.2, 0.25) is 0 Å². The molecule has 1 aromatic heterocycles. The molecule has 0 aliphatic carbocycles. The van der Waals surface area contributed by atoms with Gasteiger partial charge in [0, 0.05) is 11.0 Å². The Morgan fingerprint density at radius 2 is 1.81 bits per heavy atom. The summed E-state index contributed by atoms with van der Waals surface area (Å²) in [5, 5.41) is 28.2. The molecule has 0 saturated carbocycles. The van der Waals surface area contributed by atoms with Crippen molar-refractivity contribution in [3.8, 4) is 5.75 Å². The lowest BCUT2D eigenvalue weighted by Gasteiger charge is -2.28. The third-order valence-electron chi connectivity index (χ3n) is 3.82. The van der Waals surface area contributed by atoms with Gasteiger partial charge in [-0.3, -0.25) is 0 Å². The molecule has 0 radical (unpaired) electrons. The van der Waals surface area contributed by atoms with Crippen LogP contribution in [0.25, 0.3) is 11.0 Å². The lowest BCUT2D eigenvalue weighted by Crippen LogP contribution is -2.32. The molecule has 2 aromatic carbocycles. The number of nitrogens with zero attached hydrogens (tertiary/aromatic N) is 3. The number of phenols is 1. The molecule has 0 bridgehead atoms. The van der Waals surface area contributed by atoms with Crippen LogP contribution in [-0.4, -0.2) is 31.8 Å². The van der Waals surface area contributed by atoms with Gasteiger partial charge in [0.1, 0.15) is 11.3 Å². The summed E-state index contributed by atoms with van der Waals surface area (Å²) >= 11 is 0. The number of hydrogen-bond acceptors (Lipinski definition) is 4. The van der Waals surface area contributed by atoms with Gasteiger partial charge in [-0.05, 0) is 18.2 Å². The van der Waals surface area contributed by atoms with Gasteiger partial charge in [-0.25, -0.2) is 4.68 Å². The largest absolute Gasteiger partial charge is 0.508 e. The lowest BCUT2D eigenvalue weighted by molar-refractivity contribution is 0.182. The van der Waals surface area contributed by atoms with Crippen molar-refractivity contribution in [1.29, 1.82) is 0 Å². The monoisotopic (exact) mass is 283 g/mol. The summed E-state index contributed by atoms with van der Waals surface area (Å²) in [6.45, 7) is 2.23. The summed E-state index contributed by atoms with van der Waals surface area (Å²) in [6, 6.07) is 14.7. The summed E-state index contributed by atoms with van der Waals surface area (Å²) in [6.07, 6.45) is 0. The molecule has 0 aliphatic rings. The molecule has 1 unspecified atom stereocenters. The second-order valence-corrected chi connectivity index (χ2v) is 5.47. The minimum absolute atomic E-state index is 0.0985. The van der Waals surface area contributed by atoms with Crippen LogP contribution in [-0.2, 0) is 12.0 Å². The van der Waals surface area contributed by atoms with Gasteiger partial charge in [-0.1, -0.05) is 42.5 Å². The first-order valence-electron chi connectivity index (χ1n) is 6.82. The maximum Gasteiger partial charge on any atom is 0.119 e. The van der Waals surface area contributed by atoms with Crippen LogP contribution >= 0.6 is 0 Å². The topological polar surface area (TPSA) is 71.2 Å². The number of aliphatic hydroxyl groups is 1. The average molecular weight is 283 g/mol. The molecule has 0 aliphatic heterocycles. The number of rotatable bonds is 4. The lowest BCUT2D eigenvalue weighted by atomic mass is 9.82. The highest BCUT2D eigenvalue weighted by Gasteiger charge is 2.30. The Labute approximate surface area is 122 Å². The molecule has 5 nitrogen and oxygen atoms in total. The third kappa shape index (κ3) is 2.36. The molecule has 0 spiro atoms. The molecule has 3 rings (SSSR count). The molecule has 2 N–H and O–H groups in total. The quantitative estimate of drug-likeness (QED) is 0.769. The van der Waals surface area contributed by atoms with Crippen LogP contribution in [0.2, 0.25) is 0 Å². The predicted octanol–water partition coefficient (Wildman–Crippen LogP) is 2.09. The number of phenolic OH excluding ortho intramolecular Hbond substituents is 1. The first-order valence-corrected chi connectivity index (χ1v) is 6.82. The van der Waals surface area contributed by atoms with E-state index >= 15 is 0 Å². The molecule has 5 heteroatoms. The number of fused-ring (bicyclic) bond motifs is 1. The van der Waals surface area contributed by atoms with Gasteiger partial charge in [0.15, 0.2) is 0 Å². The van der Waals surface area contributed by atoms with Crippen molar-refractivity contribution in [3.63, 3.8) is 0 Å². The smallest absolute Gasteiger partial charge is 0.119 e. The number of hydrogen-bond donors (Lipinski definition) is 2. The van der Waals surface area contributed by atoms with Crippen LogP contribution in [0.4, 0.5) is 0 Å². The van der Waals surface area contributed by atoms with Gasteiger partial charge >= 0.3 is 0 Å². The summed E-state index contributed by atoms with van der Waals surface area (Å²) in [4.78, 5) is 0. The Bertz CT molecular complexity index is 769. The van der Waals surface area contributed by atoms with Gasteiger partial charge in [0.25, 0.3) is 0 Å². The summed E-state index contributed by atoms with van der Waals surface area (Å²) < 4.78 is 1.76. The maximum atomic E-state index is 10.1. The van der Waals surface area contributed by atoms with E-state index in [1.54, 1.807) is 16.8 Å². The first kappa shape index (κ1) is 13.6. The van der Waals surface area contributed by atoms with Crippen molar-refractivity contribution in [2.24, 2.45) is 0 Å². The van der Waals surface area contributed by atoms with Gasteiger partial charge in [-0.15, -0.1) is 5.10 Å². The van der Waals surface area contributed by atoms with Crippen LogP contribution in [0.5, 0.6) is 5.75 Å². The highest BCUT2D eigenvalue weighted by molar-refractivity contribution is 5.73. The standard InChI is InChI=1S/C16H17N3O2/c1-16(11-20,12-6-2-5-9-15(12)21)10-19-14-8-4-3-7-13(14)17-18-19/h2-9,20-21H,10-11H2,1H3. The van der Waals surface area contributed by atoms with Crippen LogP contribution < -0.4 is 0 Å². The fourth-order valence-corrected chi connectivity index (χ4v) is 2.57. The van der Waals surface area contributed by atoms with E-state index in [-0.39, 0.29) is 12.4 Å². The van der Waals surface area contributed by atoms with Crippen LogP contribution in [0, 0.1) is 0 Å².